The van der Waals surface area contributed by atoms with E-state index in [-0.39, 0.29) is 23.1 Å². The van der Waals surface area contributed by atoms with Gasteiger partial charge in [0, 0.05) is 12.1 Å². The lowest BCUT2D eigenvalue weighted by Gasteiger charge is -2.37. The number of benzene rings is 1. The molecule has 1 atom stereocenters. The topological polar surface area (TPSA) is 62.3 Å². The molecule has 1 aromatic rings. The Kier molecular flexibility index (Phi) is 3.99. The summed E-state index contributed by atoms with van der Waals surface area (Å²) in [5.74, 6) is -1.73. The highest BCUT2D eigenvalue weighted by Crippen LogP contribution is 2.28. The summed E-state index contributed by atoms with van der Waals surface area (Å²) in [6.45, 7) is 3.31. The quantitative estimate of drug-likeness (QED) is 0.650. The number of hydrogen-bond acceptors (Lipinski definition) is 3. The summed E-state index contributed by atoms with van der Waals surface area (Å²) in [6, 6.07) is 2.16. The Bertz CT molecular complexity index is 470. The fourth-order valence-corrected chi connectivity index (χ4v) is 2.28. The third kappa shape index (κ3) is 2.68. The molecule has 0 amide bonds. The van der Waals surface area contributed by atoms with E-state index in [2.05, 4.69) is 0 Å². The first-order valence-corrected chi connectivity index (χ1v) is 6.22. The molecule has 0 bridgehead atoms. The van der Waals surface area contributed by atoms with Crippen LogP contribution in [-0.4, -0.2) is 31.6 Å². The Balaban J connectivity index is 2.41. The van der Waals surface area contributed by atoms with E-state index in [1.807, 2.05) is 6.92 Å². The van der Waals surface area contributed by atoms with Crippen molar-refractivity contribution in [1.29, 1.82) is 5.41 Å². The zero-order chi connectivity index (χ0) is 14.0. The van der Waals surface area contributed by atoms with Gasteiger partial charge in [0.2, 0.25) is 0 Å². The van der Waals surface area contributed by atoms with Gasteiger partial charge >= 0.3 is 0 Å². The number of nitrogens with zero attached hydrogens (tertiary/aromatic N) is 1. The molecule has 1 fully saturated rings. The maximum Gasteiger partial charge on any atom is 0.150 e. The first-order valence-electron chi connectivity index (χ1n) is 6.22. The molecule has 1 aromatic carbocycles. The third-order valence-corrected chi connectivity index (χ3v) is 3.31. The fourth-order valence-electron chi connectivity index (χ4n) is 2.28. The molecule has 3 N–H and O–H groups in total. The summed E-state index contributed by atoms with van der Waals surface area (Å²) >= 11 is 0. The van der Waals surface area contributed by atoms with Gasteiger partial charge in [-0.3, -0.25) is 5.41 Å². The Morgan fingerprint density at radius 2 is 2.11 bits per heavy atom. The summed E-state index contributed by atoms with van der Waals surface area (Å²) in [5, 5.41) is 7.23. The molecule has 4 nitrogen and oxygen atoms in total. The normalized spacial score (nSPS) is 19.5. The molecular weight excluding hydrogens is 252 g/mol. The van der Waals surface area contributed by atoms with E-state index in [0.29, 0.717) is 19.8 Å². The van der Waals surface area contributed by atoms with Gasteiger partial charge in [-0.25, -0.2) is 8.78 Å². The molecule has 0 aliphatic carbocycles. The molecule has 1 heterocycles. The van der Waals surface area contributed by atoms with Crippen LogP contribution in [0.25, 0.3) is 0 Å². The van der Waals surface area contributed by atoms with E-state index in [4.69, 9.17) is 15.9 Å². The van der Waals surface area contributed by atoms with Crippen LogP contribution in [0.1, 0.15) is 18.9 Å². The number of rotatable bonds is 3. The second-order valence-corrected chi connectivity index (χ2v) is 4.53. The van der Waals surface area contributed by atoms with Crippen molar-refractivity contribution in [3.8, 4) is 0 Å². The molecule has 6 heteroatoms. The van der Waals surface area contributed by atoms with Gasteiger partial charge in [0.05, 0.1) is 19.3 Å². The lowest BCUT2D eigenvalue weighted by molar-refractivity contribution is 0.0922. The SMILES string of the molecule is CCC1COCCN1c1c(F)cc(C(=N)N)cc1F. The van der Waals surface area contributed by atoms with Gasteiger partial charge in [-0.05, 0) is 18.6 Å². The van der Waals surface area contributed by atoms with E-state index < -0.39 is 11.6 Å². The number of nitrogen functional groups attached to an aromatic ring is 1. The van der Waals surface area contributed by atoms with E-state index >= 15 is 0 Å². The molecule has 104 valence electrons. The Morgan fingerprint density at radius 3 is 2.63 bits per heavy atom. The first-order chi connectivity index (χ1) is 9.04. The maximum absolute atomic E-state index is 14.1. The van der Waals surface area contributed by atoms with Gasteiger partial charge in [-0.15, -0.1) is 0 Å². The van der Waals surface area contributed by atoms with Crippen molar-refractivity contribution in [2.75, 3.05) is 24.7 Å². The van der Waals surface area contributed by atoms with Crippen LogP contribution in [0.4, 0.5) is 14.5 Å². The highest BCUT2D eigenvalue weighted by molar-refractivity contribution is 5.95. The predicted octanol–water partition coefficient (Wildman–Crippen LogP) is 1.86. The third-order valence-electron chi connectivity index (χ3n) is 3.31. The van der Waals surface area contributed by atoms with Gasteiger partial charge in [-0.2, -0.15) is 0 Å². The summed E-state index contributed by atoms with van der Waals surface area (Å²) in [6.07, 6.45) is 0.743. The van der Waals surface area contributed by atoms with Crippen LogP contribution in [0.2, 0.25) is 0 Å². The summed E-state index contributed by atoms with van der Waals surface area (Å²) in [4.78, 5) is 1.69. The Hall–Kier alpha value is -1.69. The number of hydrogen-bond donors (Lipinski definition) is 2. The van der Waals surface area contributed by atoms with Crippen LogP contribution in [0.5, 0.6) is 0 Å². The van der Waals surface area contributed by atoms with Gasteiger partial charge in [-0.1, -0.05) is 6.92 Å². The number of ether oxygens (including phenoxy) is 1. The molecular formula is C13H17F2N3O. The standard InChI is InChI=1S/C13H17F2N3O/c1-2-9-7-19-4-3-18(9)12-10(14)5-8(13(16)17)6-11(12)15/h5-6,9H,2-4,7H2,1H3,(H3,16,17). The number of morpholine rings is 1. The lowest BCUT2D eigenvalue weighted by atomic mass is 10.1. The monoisotopic (exact) mass is 269 g/mol. The van der Waals surface area contributed by atoms with E-state index in [1.54, 1.807) is 4.90 Å². The van der Waals surface area contributed by atoms with E-state index in [9.17, 15) is 8.78 Å². The van der Waals surface area contributed by atoms with Crippen molar-refractivity contribution < 1.29 is 13.5 Å². The van der Waals surface area contributed by atoms with Gasteiger partial charge in [0.25, 0.3) is 0 Å². The second kappa shape index (κ2) is 5.52. The number of amidine groups is 1. The molecule has 0 aromatic heterocycles. The predicted molar refractivity (Wildman–Crippen MR) is 69.6 cm³/mol. The molecule has 0 radical (unpaired) electrons. The molecule has 1 saturated heterocycles. The van der Waals surface area contributed by atoms with Gasteiger partial charge < -0.3 is 15.4 Å². The molecule has 19 heavy (non-hydrogen) atoms. The van der Waals surface area contributed by atoms with Crippen molar-refractivity contribution >= 4 is 11.5 Å². The van der Waals surface area contributed by atoms with Crippen molar-refractivity contribution in [2.24, 2.45) is 5.73 Å². The molecule has 1 aliphatic heterocycles. The van der Waals surface area contributed by atoms with E-state index in [0.717, 1.165) is 18.6 Å². The van der Waals surface area contributed by atoms with E-state index in [1.165, 1.54) is 0 Å². The minimum Gasteiger partial charge on any atom is -0.384 e. The van der Waals surface area contributed by atoms with Gasteiger partial charge in [0.1, 0.15) is 23.2 Å². The molecule has 2 rings (SSSR count). The van der Waals surface area contributed by atoms with Crippen molar-refractivity contribution in [3.05, 3.63) is 29.3 Å². The zero-order valence-corrected chi connectivity index (χ0v) is 10.7. The molecule has 1 unspecified atom stereocenters. The number of nitrogens with two attached hydrogens (primary N) is 1. The fraction of sp³-hybridized carbons (Fsp3) is 0.462. The minimum atomic E-state index is -0.689. The lowest BCUT2D eigenvalue weighted by Crippen LogP contribution is -2.46. The highest BCUT2D eigenvalue weighted by atomic mass is 19.1. The number of anilines is 1. The minimum absolute atomic E-state index is 0.0408. The van der Waals surface area contributed by atoms with Crippen LogP contribution in [-0.2, 0) is 4.74 Å². The number of nitrogens with one attached hydrogen (secondary N) is 1. The van der Waals surface area contributed by atoms with Gasteiger partial charge in [0.15, 0.2) is 0 Å². The zero-order valence-electron chi connectivity index (χ0n) is 10.7. The highest BCUT2D eigenvalue weighted by Gasteiger charge is 2.27. The van der Waals surface area contributed by atoms with Crippen LogP contribution in [0, 0.1) is 17.0 Å². The molecule has 1 aliphatic rings. The van der Waals surface area contributed by atoms with Crippen molar-refractivity contribution in [3.63, 3.8) is 0 Å². The summed E-state index contributed by atoms with van der Waals surface area (Å²) in [7, 11) is 0. The average Bonchev–Trinajstić information content (AvgIpc) is 2.38. The Labute approximate surface area is 110 Å². The van der Waals surface area contributed by atoms with Crippen molar-refractivity contribution in [2.45, 2.75) is 19.4 Å². The smallest absolute Gasteiger partial charge is 0.150 e. The summed E-state index contributed by atoms with van der Waals surface area (Å²) < 4.78 is 33.5. The molecule has 0 saturated carbocycles. The van der Waals surface area contributed by atoms with Crippen LogP contribution >= 0.6 is 0 Å². The first kappa shape index (κ1) is 13.7. The summed E-state index contributed by atoms with van der Waals surface area (Å²) in [5.41, 5.74) is 5.25. The number of halogens is 2. The molecule has 0 spiro atoms. The average molecular weight is 269 g/mol. The van der Waals surface area contributed by atoms with Crippen LogP contribution in [0.3, 0.4) is 0 Å². The van der Waals surface area contributed by atoms with Crippen LogP contribution in [0.15, 0.2) is 12.1 Å². The van der Waals surface area contributed by atoms with Crippen LogP contribution < -0.4 is 10.6 Å². The Morgan fingerprint density at radius 1 is 1.47 bits per heavy atom. The largest absolute Gasteiger partial charge is 0.384 e. The maximum atomic E-state index is 14.1. The van der Waals surface area contributed by atoms with Crippen molar-refractivity contribution in [1.82, 2.24) is 0 Å². The second-order valence-electron chi connectivity index (χ2n) is 4.53.